The molecule has 2 unspecified atom stereocenters. The molecule has 1 amide bonds. The first kappa shape index (κ1) is 20.1. The van der Waals surface area contributed by atoms with E-state index in [9.17, 15) is 22.8 Å². The summed E-state index contributed by atoms with van der Waals surface area (Å²) in [6, 6.07) is 7.18. The highest BCUT2D eigenvalue weighted by Crippen LogP contribution is 2.45. The average molecular weight is 373 g/mol. The zero-order chi connectivity index (χ0) is 19.5. The molecule has 1 heterocycles. The van der Waals surface area contributed by atoms with Gasteiger partial charge in [0, 0.05) is 13.1 Å². The Hall–Kier alpha value is -2.25. The number of para-hydroxylation sites is 1. The van der Waals surface area contributed by atoms with Crippen molar-refractivity contribution in [2.75, 3.05) is 19.7 Å². The lowest BCUT2D eigenvalue weighted by atomic mass is 9.86. The van der Waals surface area contributed by atoms with Crippen molar-refractivity contribution in [1.29, 1.82) is 0 Å². The van der Waals surface area contributed by atoms with Crippen LogP contribution in [0.25, 0.3) is 0 Å². The predicted octanol–water partition coefficient (Wildman–Crippen LogP) is 3.44. The van der Waals surface area contributed by atoms with Crippen molar-refractivity contribution >= 4 is 11.9 Å². The van der Waals surface area contributed by atoms with Gasteiger partial charge in [-0.05, 0) is 30.4 Å². The van der Waals surface area contributed by atoms with Crippen LogP contribution in [0.5, 0.6) is 5.75 Å². The maximum Gasteiger partial charge on any atom is 0.406 e. The van der Waals surface area contributed by atoms with E-state index in [0.29, 0.717) is 5.75 Å². The van der Waals surface area contributed by atoms with Crippen LogP contribution in [-0.4, -0.2) is 47.8 Å². The van der Waals surface area contributed by atoms with E-state index in [4.69, 9.17) is 9.84 Å². The molecule has 1 N–H and O–H groups in total. The maximum atomic E-state index is 13.2. The first-order chi connectivity index (χ1) is 12.1. The molecule has 0 spiro atoms. The monoisotopic (exact) mass is 373 g/mol. The minimum Gasteiger partial charge on any atom is -0.483 e. The second-order valence-corrected chi connectivity index (χ2v) is 6.59. The Morgan fingerprint density at radius 1 is 1.35 bits per heavy atom. The number of rotatable bonds is 6. The van der Waals surface area contributed by atoms with Crippen LogP contribution < -0.4 is 4.74 Å². The Balaban J connectivity index is 2.06. The lowest BCUT2D eigenvalue weighted by Gasteiger charge is -2.27. The molecule has 1 aliphatic heterocycles. The molecule has 0 aromatic heterocycles. The van der Waals surface area contributed by atoms with Gasteiger partial charge in [-0.2, -0.15) is 13.2 Å². The largest absolute Gasteiger partial charge is 0.483 e. The molecule has 2 atom stereocenters. The first-order valence-corrected chi connectivity index (χ1v) is 8.42. The number of aliphatic carboxylic acids is 1. The molecule has 144 valence electrons. The fourth-order valence-corrected chi connectivity index (χ4v) is 3.02. The van der Waals surface area contributed by atoms with E-state index in [1.807, 2.05) is 26.0 Å². The Kier molecular flexibility index (Phi) is 5.83. The molecule has 0 radical (unpaired) electrons. The SMILES string of the molecule is CCC(C)c1ccccc1OCC(=O)N1CCC(C(=O)O)(C(F)(F)F)C1. The van der Waals surface area contributed by atoms with Crippen LogP contribution >= 0.6 is 0 Å². The van der Waals surface area contributed by atoms with Crippen molar-refractivity contribution in [3.63, 3.8) is 0 Å². The number of carboxylic acids is 1. The third-order valence-corrected chi connectivity index (χ3v) is 4.99. The fraction of sp³-hybridized carbons (Fsp3) is 0.556. The fourth-order valence-electron chi connectivity index (χ4n) is 3.02. The smallest absolute Gasteiger partial charge is 0.406 e. The van der Waals surface area contributed by atoms with E-state index in [0.717, 1.165) is 16.9 Å². The van der Waals surface area contributed by atoms with Gasteiger partial charge in [0.15, 0.2) is 12.0 Å². The summed E-state index contributed by atoms with van der Waals surface area (Å²) in [6.07, 6.45) is -4.70. The summed E-state index contributed by atoms with van der Waals surface area (Å²) in [5, 5.41) is 9.04. The molecule has 1 aromatic carbocycles. The molecule has 8 heteroatoms. The van der Waals surface area contributed by atoms with E-state index >= 15 is 0 Å². The Labute approximate surface area is 149 Å². The quantitative estimate of drug-likeness (QED) is 0.830. The molecule has 1 fully saturated rings. The van der Waals surface area contributed by atoms with Crippen molar-refractivity contribution in [3.05, 3.63) is 29.8 Å². The average Bonchev–Trinajstić information content (AvgIpc) is 3.06. The number of likely N-dealkylation sites (tertiary alicyclic amines) is 1. The maximum absolute atomic E-state index is 13.2. The number of carbonyl (C=O) groups is 2. The molecule has 0 aliphatic carbocycles. The van der Waals surface area contributed by atoms with Gasteiger partial charge in [-0.15, -0.1) is 0 Å². The van der Waals surface area contributed by atoms with Crippen LogP contribution in [0.3, 0.4) is 0 Å². The molecule has 26 heavy (non-hydrogen) atoms. The lowest BCUT2D eigenvalue weighted by Crippen LogP contribution is -2.48. The van der Waals surface area contributed by atoms with Crippen molar-refractivity contribution in [2.45, 2.75) is 38.8 Å². The van der Waals surface area contributed by atoms with E-state index in [-0.39, 0.29) is 12.5 Å². The van der Waals surface area contributed by atoms with E-state index < -0.39 is 43.0 Å². The third-order valence-electron chi connectivity index (χ3n) is 4.99. The second-order valence-electron chi connectivity index (χ2n) is 6.59. The summed E-state index contributed by atoms with van der Waals surface area (Å²) >= 11 is 0. The summed E-state index contributed by atoms with van der Waals surface area (Å²) in [5.74, 6) is -1.90. The molecule has 1 aromatic rings. The number of hydrogen-bond donors (Lipinski definition) is 1. The number of hydrogen-bond acceptors (Lipinski definition) is 3. The highest BCUT2D eigenvalue weighted by atomic mass is 19.4. The van der Waals surface area contributed by atoms with Crippen LogP contribution in [-0.2, 0) is 9.59 Å². The second kappa shape index (κ2) is 7.55. The number of halogens is 3. The molecule has 2 rings (SSSR count). The highest BCUT2D eigenvalue weighted by molar-refractivity contribution is 5.82. The number of nitrogens with zero attached hydrogens (tertiary/aromatic N) is 1. The summed E-state index contributed by atoms with van der Waals surface area (Å²) in [7, 11) is 0. The van der Waals surface area contributed by atoms with Gasteiger partial charge in [-0.3, -0.25) is 9.59 Å². The molecule has 0 saturated carbocycles. The molecule has 1 saturated heterocycles. The number of carboxylic acid groups (broad SMARTS) is 1. The van der Waals surface area contributed by atoms with Gasteiger partial charge in [0.2, 0.25) is 0 Å². The third kappa shape index (κ3) is 3.78. The predicted molar refractivity (Wildman–Crippen MR) is 88.0 cm³/mol. The van der Waals surface area contributed by atoms with Crippen LogP contribution in [0, 0.1) is 5.41 Å². The van der Waals surface area contributed by atoms with Gasteiger partial charge in [0.05, 0.1) is 0 Å². The summed E-state index contributed by atoms with van der Waals surface area (Å²) in [5.41, 5.74) is -1.99. The van der Waals surface area contributed by atoms with Crippen molar-refractivity contribution in [3.8, 4) is 5.75 Å². The van der Waals surface area contributed by atoms with Gasteiger partial charge in [0.25, 0.3) is 5.91 Å². The van der Waals surface area contributed by atoms with Gasteiger partial charge >= 0.3 is 12.1 Å². The number of carbonyl (C=O) groups excluding carboxylic acids is 1. The summed E-state index contributed by atoms with van der Waals surface area (Å²) in [6.45, 7) is 2.44. The Morgan fingerprint density at radius 3 is 2.54 bits per heavy atom. The van der Waals surface area contributed by atoms with E-state index in [1.165, 1.54) is 0 Å². The minimum absolute atomic E-state index is 0.206. The van der Waals surface area contributed by atoms with Crippen LogP contribution in [0.4, 0.5) is 13.2 Å². The summed E-state index contributed by atoms with van der Waals surface area (Å²) in [4.78, 5) is 24.3. The molecule has 0 bridgehead atoms. The number of ether oxygens (including phenoxy) is 1. The normalized spacial score (nSPS) is 21.5. The number of benzene rings is 1. The van der Waals surface area contributed by atoms with Crippen LogP contribution in [0.15, 0.2) is 24.3 Å². The van der Waals surface area contributed by atoms with Gasteiger partial charge < -0.3 is 14.7 Å². The van der Waals surface area contributed by atoms with Crippen molar-refractivity contribution < 1.29 is 32.6 Å². The highest BCUT2D eigenvalue weighted by Gasteiger charge is 2.64. The standard InChI is InChI=1S/C18H22F3NO4/c1-3-12(2)13-6-4-5-7-14(13)26-10-15(23)22-9-8-17(11-22,16(24)25)18(19,20)21/h4-7,12H,3,8-11H2,1-2H3,(H,24,25). The van der Waals surface area contributed by atoms with Crippen LogP contribution in [0.2, 0.25) is 0 Å². The number of alkyl halides is 3. The van der Waals surface area contributed by atoms with Gasteiger partial charge in [-0.25, -0.2) is 0 Å². The van der Waals surface area contributed by atoms with Gasteiger partial charge in [0.1, 0.15) is 5.75 Å². The van der Waals surface area contributed by atoms with Crippen LogP contribution in [0.1, 0.15) is 38.2 Å². The summed E-state index contributed by atoms with van der Waals surface area (Å²) < 4.78 is 45.1. The molecular formula is C18H22F3NO4. The first-order valence-electron chi connectivity index (χ1n) is 8.42. The topological polar surface area (TPSA) is 66.8 Å². The van der Waals surface area contributed by atoms with Crippen molar-refractivity contribution in [2.24, 2.45) is 5.41 Å². The minimum atomic E-state index is -4.92. The lowest BCUT2D eigenvalue weighted by molar-refractivity contribution is -0.227. The van der Waals surface area contributed by atoms with Gasteiger partial charge in [-0.1, -0.05) is 32.0 Å². The van der Waals surface area contributed by atoms with Crippen molar-refractivity contribution in [1.82, 2.24) is 4.90 Å². The molecule has 1 aliphatic rings. The number of amides is 1. The van der Waals surface area contributed by atoms with E-state index in [2.05, 4.69) is 0 Å². The zero-order valence-electron chi connectivity index (χ0n) is 14.7. The zero-order valence-corrected chi connectivity index (χ0v) is 14.7. The Bertz CT molecular complexity index is 677. The van der Waals surface area contributed by atoms with E-state index in [1.54, 1.807) is 12.1 Å². The Morgan fingerprint density at radius 2 is 2.00 bits per heavy atom. The molecular weight excluding hydrogens is 351 g/mol. The molecule has 5 nitrogen and oxygen atoms in total.